The minimum absolute atomic E-state index is 0.0616. The first kappa shape index (κ1) is 10.9. The lowest BCUT2D eigenvalue weighted by molar-refractivity contribution is -0.120. The van der Waals surface area contributed by atoms with Crippen LogP contribution in [0.3, 0.4) is 0 Å². The van der Waals surface area contributed by atoms with E-state index in [1.54, 1.807) is 6.07 Å². The normalized spacial score (nSPS) is 18.0. The Balaban J connectivity index is 2.58. The molecule has 1 heterocycles. The minimum atomic E-state index is -0.643. The number of nitrogens with one attached hydrogen (secondary N) is 1. The summed E-state index contributed by atoms with van der Waals surface area (Å²) in [5.41, 5.74) is 0.773. The zero-order valence-corrected chi connectivity index (χ0v) is 9.67. The van der Waals surface area contributed by atoms with Crippen molar-refractivity contribution in [3.63, 3.8) is 0 Å². The molecule has 0 radical (unpaired) electrons. The van der Waals surface area contributed by atoms with Crippen molar-refractivity contribution in [1.29, 1.82) is 0 Å². The molecule has 16 heavy (non-hydrogen) atoms. The van der Waals surface area contributed by atoms with Crippen LogP contribution in [0.25, 0.3) is 0 Å². The van der Waals surface area contributed by atoms with Gasteiger partial charge in [-0.2, -0.15) is 0 Å². The number of amides is 1. The fourth-order valence-corrected chi connectivity index (χ4v) is 2.10. The van der Waals surface area contributed by atoms with E-state index in [1.807, 2.05) is 25.7 Å². The third-order valence-corrected chi connectivity index (χ3v) is 3.05. The van der Waals surface area contributed by atoms with Gasteiger partial charge >= 0.3 is 0 Å². The number of benzene rings is 1. The van der Waals surface area contributed by atoms with E-state index in [9.17, 15) is 9.18 Å². The average molecular weight is 222 g/mol. The number of nitrogens with zero attached hydrogens (tertiary/aromatic N) is 1. The molecule has 1 aromatic carbocycles. The molecule has 86 valence electrons. The van der Waals surface area contributed by atoms with Crippen LogP contribution in [-0.2, 0) is 4.79 Å². The van der Waals surface area contributed by atoms with Crippen LogP contribution in [0, 0.1) is 5.82 Å². The third kappa shape index (κ3) is 1.45. The van der Waals surface area contributed by atoms with Crippen molar-refractivity contribution in [3.8, 4) is 0 Å². The molecule has 4 heteroatoms. The molecule has 0 aliphatic carbocycles. The minimum Gasteiger partial charge on any atom is -0.356 e. The maximum atomic E-state index is 13.2. The van der Waals surface area contributed by atoms with Crippen LogP contribution < -0.4 is 10.2 Å². The Morgan fingerprint density at radius 2 is 2.12 bits per heavy atom. The lowest BCUT2D eigenvalue weighted by Crippen LogP contribution is -2.56. The second kappa shape index (κ2) is 3.47. The Morgan fingerprint density at radius 1 is 1.44 bits per heavy atom. The number of fused-ring (bicyclic) bond motifs is 1. The standard InChI is InChI=1S/C12H15FN2O/c1-4-15-10-7-8(13)5-6-9(10)14-11(16)12(15,2)3/h5-7H,4H2,1-3H3,(H,14,16). The van der Waals surface area contributed by atoms with Gasteiger partial charge in [-0.3, -0.25) is 4.79 Å². The Hall–Kier alpha value is -1.58. The summed E-state index contributed by atoms with van der Waals surface area (Å²) in [4.78, 5) is 13.8. The Kier molecular flexibility index (Phi) is 2.37. The monoisotopic (exact) mass is 222 g/mol. The van der Waals surface area contributed by atoms with Gasteiger partial charge in [0.15, 0.2) is 0 Å². The molecule has 0 spiro atoms. The second-order valence-electron chi connectivity index (χ2n) is 4.42. The van der Waals surface area contributed by atoms with E-state index >= 15 is 0 Å². The predicted molar refractivity (Wildman–Crippen MR) is 62.1 cm³/mol. The first-order chi connectivity index (χ1) is 7.46. The van der Waals surface area contributed by atoms with Crippen molar-refractivity contribution in [2.45, 2.75) is 26.3 Å². The van der Waals surface area contributed by atoms with Crippen LogP contribution in [-0.4, -0.2) is 18.0 Å². The van der Waals surface area contributed by atoms with Gasteiger partial charge in [-0.25, -0.2) is 4.39 Å². The number of halogens is 1. The van der Waals surface area contributed by atoms with Crippen molar-refractivity contribution in [3.05, 3.63) is 24.0 Å². The average Bonchev–Trinajstić information content (AvgIpc) is 2.21. The third-order valence-electron chi connectivity index (χ3n) is 3.05. The first-order valence-electron chi connectivity index (χ1n) is 5.35. The molecular formula is C12H15FN2O. The Bertz CT molecular complexity index is 443. The fourth-order valence-electron chi connectivity index (χ4n) is 2.10. The molecule has 1 aliphatic heterocycles. The first-order valence-corrected chi connectivity index (χ1v) is 5.35. The maximum Gasteiger partial charge on any atom is 0.249 e. The smallest absolute Gasteiger partial charge is 0.249 e. The van der Waals surface area contributed by atoms with E-state index < -0.39 is 5.54 Å². The number of carbonyl (C=O) groups is 1. The molecule has 3 nitrogen and oxygen atoms in total. The van der Waals surface area contributed by atoms with Gasteiger partial charge in [0.25, 0.3) is 0 Å². The van der Waals surface area contributed by atoms with Crippen molar-refractivity contribution >= 4 is 17.3 Å². The largest absolute Gasteiger partial charge is 0.356 e. The molecule has 0 saturated carbocycles. The molecule has 0 aromatic heterocycles. The summed E-state index contributed by atoms with van der Waals surface area (Å²) in [5, 5.41) is 2.79. The van der Waals surface area contributed by atoms with Crippen LogP contribution >= 0.6 is 0 Å². The van der Waals surface area contributed by atoms with E-state index in [4.69, 9.17) is 0 Å². The number of hydrogen-bond acceptors (Lipinski definition) is 2. The molecular weight excluding hydrogens is 207 g/mol. The number of anilines is 2. The summed E-state index contributed by atoms with van der Waals surface area (Å²) >= 11 is 0. The topological polar surface area (TPSA) is 32.3 Å². The van der Waals surface area contributed by atoms with E-state index in [1.165, 1.54) is 12.1 Å². The van der Waals surface area contributed by atoms with Gasteiger partial charge in [-0.1, -0.05) is 0 Å². The van der Waals surface area contributed by atoms with Crippen molar-refractivity contribution in [1.82, 2.24) is 0 Å². The molecule has 1 aromatic rings. The number of hydrogen-bond donors (Lipinski definition) is 1. The summed E-state index contributed by atoms with van der Waals surface area (Å²) in [6, 6.07) is 4.41. The van der Waals surface area contributed by atoms with Crippen LogP contribution in [0.2, 0.25) is 0 Å². The van der Waals surface area contributed by atoms with Crippen LogP contribution in [0.15, 0.2) is 18.2 Å². The van der Waals surface area contributed by atoms with Gasteiger partial charge in [0.2, 0.25) is 5.91 Å². The second-order valence-corrected chi connectivity index (χ2v) is 4.42. The summed E-state index contributed by atoms with van der Waals surface area (Å²) in [6.45, 7) is 6.28. The van der Waals surface area contributed by atoms with Crippen LogP contribution in [0.5, 0.6) is 0 Å². The molecule has 0 bridgehead atoms. The van der Waals surface area contributed by atoms with Crippen molar-refractivity contribution in [2.75, 3.05) is 16.8 Å². The van der Waals surface area contributed by atoms with Gasteiger partial charge in [0.1, 0.15) is 11.4 Å². The molecule has 0 saturated heterocycles. The molecule has 0 unspecified atom stereocenters. The fraction of sp³-hybridized carbons (Fsp3) is 0.417. The van der Waals surface area contributed by atoms with Gasteiger partial charge < -0.3 is 10.2 Å². The highest BCUT2D eigenvalue weighted by Crippen LogP contribution is 2.36. The van der Waals surface area contributed by atoms with E-state index in [0.717, 1.165) is 5.69 Å². The highest BCUT2D eigenvalue weighted by atomic mass is 19.1. The van der Waals surface area contributed by atoms with Gasteiger partial charge in [0.05, 0.1) is 11.4 Å². The Labute approximate surface area is 94.3 Å². The number of carbonyl (C=O) groups excluding carboxylic acids is 1. The number of rotatable bonds is 1. The summed E-state index contributed by atoms with van der Waals surface area (Å²) in [7, 11) is 0. The van der Waals surface area contributed by atoms with Crippen molar-refractivity contribution in [2.24, 2.45) is 0 Å². The van der Waals surface area contributed by atoms with Crippen molar-refractivity contribution < 1.29 is 9.18 Å². The SMILES string of the molecule is CCN1c2cc(F)ccc2NC(=O)C1(C)C. The van der Waals surface area contributed by atoms with E-state index in [2.05, 4.69) is 5.32 Å². The van der Waals surface area contributed by atoms with Gasteiger partial charge in [-0.15, -0.1) is 0 Å². The number of likely N-dealkylation sites (N-methyl/N-ethyl adjacent to an activating group) is 1. The molecule has 1 amide bonds. The predicted octanol–water partition coefficient (Wildman–Crippen LogP) is 2.38. The summed E-state index contributed by atoms with van der Waals surface area (Å²) in [5.74, 6) is -0.349. The molecule has 0 atom stereocenters. The molecule has 2 rings (SSSR count). The van der Waals surface area contributed by atoms with E-state index in [0.29, 0.717) is 12.2 Å². The maximum absolute atomic E-state index is 13.2. The van der Waals surface area contributed by atoms with E-state index in [-0.39, 0.29) is 11.7 Å². The zero-order chi connectivity index (χ0) is 11.9. The van der Waals surface area contributed by atoms with Crippen LogP contribution in [0.4, 0.5) is 15.8 Å². The van der Waals surface area contributed by atoms with Crippen LogP contribution in [0.1, 0.15) is 20.8 Å². The zero-order valence-electron chi connectivity index (χ0n) is 9.67. The summed E-state index contributed by atoms with van der Waals surface area (Å²) < 4.78 is 13.2. The molecule has 1 aliphatic rings. The quantitative estimate of drug-likeness (QED) is 0.791. The van der Waals surface area contributed by atoms with Gasteiger partial charge in [-0.05, 0) is 39.0 Å². The lowest BCUT2D eigenvalue weighted by atomic mass is 9.96. The lowest BCUT2D eigenvalue weighted by Gasteiger charge is -2.43. The Morgan fingerprint density at radius 3 is 2.75 bits per heavy atom. The highest BCUT2D eigenvalue weighted by molar-refractivity contribution is 6.06. The molecule has 1 N–H and O–H groups in total. The van der Waals surface area contributed by atoms with Gasteiger partial charge in [0, 0.05) is 6.54 Å². The highest BCUT2D eigenvalue weighted by Gasteiger charge is 2.39. The molecule has 0 fully saturated rings. The summed E-state index contributed by atoms with van der Waals surface area (Å²) in [6.07, 6.45) is 0.